The van der Waals surface area contributed by atoms with E-state index in [1.165, 1.54) is 16.9 Å². The van der Waals surface area contributed by atoms with Gasteiger partial charge in [0, 0.05) is 12.3 Å². The van der Waals surface area contributed by atoms with E-state index in [-0.39, 0.29) is 11.8 Å². The monoisotopic (exact) mass is 319 g/mol. The van der Waals surface area contributed by atoms with Crippen molar-refractivity contribution < 1.29 is 9.53 Å². The maximum atomic E-state index is 11.6. The zero-order chi connectivity index (χ0) is 15.9. The topological polar surface area (TPSA) is 64.1 Å². The van der Waals surface area contributed by atoms with E-state index in [2.05, 4.69) is 34.6 Å². The zero-order valence-electron chi connectivity index (χ0n) is 13.1. The highest BCUT2D eigenvalue weighted by Gasteiger charge is 2.11. The summed E-state index contributed by atoms with van der Waals surface area (Å²) in [5.74, 6) is 0.742. The van der Waals surface area contributed by atoms with Gasteiger partial charge in [0.1, 0.15) is 10.8 Å². The molecule has 0 aliphatic heterocycles. The van der Waals surface area contributed by atoms with E-state index in [0.29, 0.717) is 18.2 Å². The Morgan fingerprint density at radius 1 is 1.27 bits per heavy atom. The summed E-state index contributed by atoms with van der Waals surface area (Å²) in [7, 11) is 0. The smallest absolute Gasteiger partial charge is 0.228 e. The number of rotatable bonds is 7. The molecule has 1 N–H and O–H groups in total. The summed E-state index contributed by atoms with van der Waals surface area (Å²) in [6.07, 6.45) is 1.70. The van der Waals surface area contributed by atoms with Crippen LogP contribution in [0.4, 0.5) is 5.13 Å². The maximum Gasteiger partial charge on any atom is 0.228 e. The van der Waals surface area contributed by atoms with Crippen LogP contribution in [0.5, 0.6) is 5.75 Å². The number of amides is 1. The Morgan fingerprint density at radius 2 is 2.00 bits per heavy atom. The van der Waals surface area contributed by atoms with Crippen LogP contribution in [0, 0.1) is 5.92 Å². The number of anilines is 1. The predicted molar refractivity (Wildman–Crippen MR) is 88.4 cm³/mol. The Kier molecular flexibility index (Phi) is 5.89. The number of aryl methyl sites for hydroxylation is 1. The Balaban J connectivity index is 1.79. The average Bonchev–Trinajstić information content (AvgIpc) is 2.95. The fourth-order valence-corrected chi connectivity index (χ4v) is 2.46. The van der Waals surface area contributed by atoms with Gasteiger partial charge in [0.25, 0.3) is 0 Å². The lowest BCUT2D eigenvalue weighted by Gasteiger charge is -2.05. The molecule has 1 heterocycles. The Labute approximate surface area is 134 Å². The van der Waals surface area contributed by atoms with Crippen LogP contribution >= 0.6 is 11.3 Å². The molecule has 118 valence electrons. The summed E-state index contributed by atoms with van der Waals surface area (Å²) >= 11 is 1.39. The molecule has 0 saturated heterocycles. The van der Waals surface area contributed by atoms with Crippen molar-refractivity contribution in [1.82, 2.24) is 10.2 Å². The fourth-order valence-electron chi connectivity index (χ4n) is 1.73. The molecule has 0 bridgehead atoms. The first-order valence-electron chi connectivity index (χ1n) is 7.43. The lowest BCUT2D eigenvalue weighted by atomic mass is 10.2. The maximum absolute atomic E-state index is 11.6. The van der Waals surface area contributed by atoms with Crippen LogP contribution in [-0.4, -0.2) is 22.7 Å². The van der Waals surface area contributed by atoms with Crippen molar-refractivity contribution in [2.24, 2.45) is 5.92 Å². The lowest BCUT2D eigenvalue weighted by Crippen LogP contribution is -2.17. The van der Waals surface area contributed by atoms with E-state index in [1.807, 2.05) is 26.0 Å². The van der Waals surface area contributed by atoms with Crippen molar-refractivity contribution in [3.05, 3.63) is 34.8 Å². The highest BCUT2D eigenvalue weighted by molar-refractivity contribution is 7.15. The van der Waals surface area contributed by atoms with Crippen molar-refractivity contribution in [3.8, 4) is 5.75 Å². The first-order valence-corrected chi connectivity index (χ1v) is 8.25. The first kappa shape index (κ1) is 16.4. The summed E-state index contributed by atoms with van der Waals surface area (Å²) in [6, 6.07) is 8.10. The summed E-state index contributed by atoms with van der Waals surface area (Å²) < 4.78 is 5.69. The lowest BCUT2D eigenvalue weighted by molar-refractivity contribution is -0.118. The van der Waals surface area contributed by atoms with Gasteiger partial charge >= 0.3 is 0 Å². The number of benzene rings is 1. The number of carbonyl (C=O) groups excluding carboxylic acids is 1. The normalized spacial score (nSPS) is 10.7. The van der Waals surface area contributed by atoms with Crippen LogP contribution in [0.15, 0.2) is 24.3 Å². The van der Waals surface area contributed by atoms with Gasteiger partial charge in [-0.2, -0.15) is 0 Å². The number of hydrogen-bond donors (Lipinski definition) is 1. The van der Waals surface area contributed by atoms with Gasteiger partial charge in [-0.3, -0.25) is 4.79 Å². The molecule has 0 radical (unpaired) electrons. The summed E-state index contributed by atoms with van der Waals surface area (Å²) in [5, 5.41) is 12.2. The van der Waals surface area contributed by atoms with E-state index >= 15 is 0 Å². The van der Waals surface area contributed by atoms with Crippen molar-refractivity contribution in [3.63, 3.8) is 0 Å². The van der Waals surface area contributed by atoms with Crippen LogP contribution in [0.1, 0.15) is 31.3 Å². The van der Waals surface area contributed by atoms with Gasteiger partial charge in [-0.05, 0) is 24.1 Å². The highest BCUT2D eigenvalue weighted by atomic mass is 32.1. The Morgan fingerprint density at radius 3 is 2.64 bits per heavy atom. The summed E-state index contributed by atoms with van der Waals surface area (Å²) in [6.45, 7) is 6.35. The van der Waals surface area contributed by atoms with E-state index < -0.39 is 0 Å². The molecule has 22 heavy (non-hydrogen) atoms. The number of aromatic nitrogens is 2. The molecule has 0 saturated carbocycles. The van der Waals surface area contributed by atoms with E-state index in [4.69, 9.17) is 4.74 Å². The zero-order valence-corrected chi connectivity index (χ0v) is 13.9. The third-order valence-corrected chi connectivity index (χ3v) is 4.04. The van der Waals surface area contributed by atoms with Crippen LogP contribution in [0.25, 0.3) is 0 Å². The second-order valence-corrected chi connectivity index (χ2v) is 6.30. The second kappa shape index (κ2) is 7.89. The van der Waals surface area contributed by atoms with Gasteiger partial charge in [-0.25, -0.2) is 0 Å². The molecule has 0 unspecified atom stereocenters. The summed E-state index contributed by atoms with van der Waals surface area (Å²) in [5.41, 5.74) is 1.29. The van der Waals surface area contributed by atoms with E-state index in [0.717, 1.165) is 17.2 Å². The molecule has 0 fully saturated rings. The Bertz CT molecular complexity index is 608. The van der Waals surface area contributed by atoms with Crippen LogP contribution in [0.2, 0.25) is 0 Å². The quantitative estimate of drug-likeness (QED) is 0.850. The number of hydrogen-bond acceptors (Lipinski definition) is 5. The van der Waals surface area contributed by atoms with Gasteiger partial charge in [0.15, 0.2) is 0 Å². The molecule has 0 aliphatic rings. The minimum absolute atomic E-state index is 0.0463. The van der Waals surface area contributed by atoms with Gasteiger partial charge in [-0.1, -0.05) is 44.2 Å². The number of nitrogens with one attached hydrogen (secondary N) is 1. The molecule has 0 spiro atoms. The number of ether oxygens (including phenoxy) is 1. The summed E-state index contributed by atoms with van der Waals surface area (Å²) in [4.78, 5) is 11.6. The van der Waals surface area contributed by atoms with Crippen molar-refractivity contribution in [1.29, 1.82) is 0 Å². The number of nitrogens with zero attached hydrogens (tertiary/aromatic N) is 2. The van der Waals surface area contributed by atoms with E-state index in [1.54, 1.807) is 0 Å². The standard InChI is InChI=1S/C16H21N3O2S/c1-4-12-5-7-13(8-6-12)21-10-9-14-18-19-16(22-14)17-15(20)11(2)3/h5-8,11H,4,9-10H2,1-3H3,(H,17,19,20). The third kappa shape index (κ3) is 4.80. The first-order chi connectivity index (χ1) is 10.6. The van der Waals surface area contributed by atoms with Crippen molar-refractivity contribution in [2.45, 2.75) is 33.6 Å². The molecule has 1 aromatic heterocycles. The minimum atomic E-state index is -0.0678. The highest BCUT2D eigenvalue weighted by Crippen LogP contribution is 2.17. The third-order valence-electron chi connectivity index (χ3n) is 3.14. The van der Waals surface area contributed by atoms with Crippen molar-refractivity contribution >= 4 is 22.4 Å². The minimum Gasteiger partial charge on any atom is -0.493 e. The molecule has 2 aromatic rings. The van der Waals surface area contributed by atoms with Crippen LogP contribution < -0.4 is 10.1 Å². The molecular formula is C16H21N3O2S. The SMILES string of the molecule is CCc1ccc(OCCc2nnc(NC(=O)C(C)C)s2)cc1. The molecule has 6 heteroatoms. The number of carbonyl (C=O) groups is 1. The van der Waals surface area contributed by atoms with Crippen LogP contribution in [0.3, 0.4) is 0 Å². The van der Waals surface area contributed by atoms with Gasteiger partial charge < -0.3 is 10.1 Å². The molecule has 1 aromatic carbocycles. The Hall–Kier alpha value is -1.95. The molecule has 0 atom stereocenters. The molecule has 5 nitrogen and oxygen atoms in total. The van der Waals surface area contributed by atoms with Crippen molar-refractivity contribution in [2.75, 3.05) is 11.9 Å². The molecule has 2 rings (SSSR count). The van der Waals surface area contributed by atoms with Gasteiger partial charge in [0.2, 0.25) is 11.0 Å². The van der Waals surface area contributed by atoms with Gasteiger partial charge in [-0.15, -0.1) is 10.2 Å². The average molecular weight is 319 g/mol. The fraction of sp³-hybridized carbons (Fsp3) is 0.438. The largest absolute Gasteiger partial charge is 0.493 e. The molecular weight excluding hydrogens is 298 g/mol. The molecule has 1 amide bonds. The predicted octanol–water partition coefficient (Wildman–Crippen LogP) is 3.32. The second-order valence-electron chi connectivity index (χ2n) is 5.24. The van der Waals surface area contributed by atoms with E-state index in [9.17, 15) is 4.79 Å². The molecule has 0 aliphatic carbocycles. The van der Waals surface area contributed by atoms with Crippen LogP contribution in [-0.2, 0) is 17.6 Å². The van der Waals surface area contributed by atoms with Gasteiger partial charge in [0.05, 0.1) is 6.61 Å².